The second-order valence-electron chi connectivity index (χ2n) is 4.64. The first-order chi connectivity index (χ1) is 9.21. The van der Waals surface area contributed by atoms with Crippen LogP contribution in [0.4, 0.5) is 0 Å². The Morgan fingerprint density at radius 1 is 1.42 bits per heavy atom. The molecule has 1 unspecified atom stereocenters. The van der Waals surface area contributed by atoms with E-state index in [2.05, 4.69) is 24.3 Å². The van der Waals surface area contributed by atoms with Gasteiger partial charge in [-0.15, -0.1) is 5.10 Å². The molecular formula is C14H25N3O2. The third-order valence-corrected chi connectivity index (χ3v) is 3.15. The Hall–Kier alpha value is -1.36. The Morgan fingerprint density at radius 3 is 2.84 bits per heavy atom. The van der Waals surface area contributed by atoms with Crippen LogP contribution in [0.2, 0.25) is 0 Å². The zero-order chi connectivity index (χ0) is 14.1. The van der Waals surface area contributed by atoms with E-state index in [1.807, 2.05) is 0 Å². The van der Waals surface area contributed by atoms with E-state index < -0.39 is 0 Å². The fourth-order valence-electron chi connectivity index (χ4n) is 1.99. The Kier molecular flexibility index (Phi) is 7.18. The van der Waals surface area contributed by atoms with E-state index in [0.29, 0.717) is 18.5 Å². The van der Waals surface area contributed by atoms with Crippen molar-refractivity contribution in [2.24, 2.45) is 0 Å². The summed E-state index contributed by atoms with van der Waals surface area (Å²) in [6.45, 7) is 6.04. The number of hydrogen-bond acceptors (Lipinski definition) is 4. The predicted molar refractivity (Wildman–Crippen MR) is 76.7 cm³/mol. The van der Waals surface area contributed by atoms with Gasteiger partial charge in [0.1, 0.15) is 0 Å². The predicted octanol–water partition coefficient (Wildman–Crippen LogP) is 1.81. The Bertz CT molecular complexity index is 417. The second-order valence-corrected chi connectivity index (χ2v) is 4.64. The number of aryl methyl sites for hydroxylation is 1. The van der Waals surface area contributed by atoms with Crippen LogP contribution in [0.1, 0.15) is 39.5 Å². The number of nitrogens with one attached hydrogen (secondary N) is 1. The van der Waals surface area contributed by atoms with E-state index in [0.717, 1.165) is 32.2 Å². The second kappa shape index (κ2) is 8.69. The average Bonchev–Trinajstić information content (AvgIpc) is 2.44. The number of rotatable bonds is 9. The first-order valence-electron chi connectivity index (χ1n) is 7.06. The lowest BCUT2D eigenvalue weighted by molar-refractivity contribution is 0.368. The van der Waals surface area contributed by atoms with E-state index in [9.17, 15) is 4.79 Å². The number of aromatic nitrogens is 2. The molecular weight excluding hydrogens is 242 g/mol. The van der Waals surface area contributed by atoms with Crippen LogP contribution in [0.3, 0.4) is 0 Å². The van der Waals surface area contributed by atoms with Gasteiger partial charge in [-0.3, -0.25) is 4.79 Å². The Morgan fingerprint density at radius 2 is 2.21 bits per heavy atom. The average molecular weight is 267 g/mol. The van der Waals surface area contributed by atoms with Gasteiger partial charge in [-0.25, -0.2) is 4.68 Å². The van der Waals surface area contributed by atoms with E-state index in [1.165, 1.54) is 10.7 Å². The summed E-state index contributed by atoms with van der Waals surface area (Å²) in [4.78, 5) is 11.6. The monoisotopic (exact) mass is 267 g/mol. The van der Waals surface area contributed by atoms with Crippen molar-refractivity contribution in [3.8, 4) is 5.88 Å². The zero-order valence-corrected chi connectivity index (χ0v) is 12.2. The van der Waals surface area contributed by atoms with Crippen LogP contribution in [0.15, 0.2) is 16.9 Å². The first-order valence-corrected chi connectivity index (χ1v) is 7.06. The fraction of sp³-hybridized carbons (Fsp3) is 0.714. The summed E-state index contributed by atoms with van der Waals surface area (Å²) in [5.41, 5.74) is -0.0737. The third-order valence-electron chi connectivity index (χ3n) is 3.15. The van der Waals surface area contributed by atoms with Gasteiger partial charge < -0.3 is 10.1 Å². The normalized spacial score (nSPS) is 12.4. The van der Waals surface area contributed by atoms with Crippen LogP contribution >= 0.6 is 0 Å². The van der Waals surface area contributed by atoms with E-state index in [-0.39, 0.29) is 5.56 Å². The van der Waals surface area contributed by atoms with Crippen LogP contribution in [0.25, 0.3) is 0 Å². The van der Waals surface area contributed by atoms with E-state index >= 15 is 0 Å². The maximum Gasteiger partial charge on any atom is 0.266 e. The van der Waals surface area contributed by atoms with Gasteiger partial charge in [0.05, 0.1) is 7.11 Å². The molecule has 5 heteroatoms. The quantitative estimate of drug-likeness (QED) is 0.741. The summed E-state index contributed by atoms with van der Waals surface area (Å²) >= 11 is 0. The van der Waals surface area contributed by atoms with Crippen molar-refractivity contribution in [3.63, 3.8) is 0 Å². The molecule has 1 rings (SSSR count). The maximum absolute atomic E-state index is 11.6. The van der Waals surface area contributed by atoms with Crippen molar-refractivity contribution in [2.75, 3.05) is 13.7 Å². The molecule has 0 fully saturated rings. The van der Waals surface area contributed by atoms with Gasteiger partial charge in [0, 0.05) is 24.7 Å². The van der Waals surface area contributed by atoms with Crippen molar-refractivity contribution < 1.29 is 4.74 Å². The summed E-state index contributed by atoms with van der Waals surface area (Å²) < 4.78 is 6.51. The van der Waals surface area contributed by atoms with Gasteiger partial charge in [-0.2, -0.15) is 0 Å². The van der Waals surface area contributed by atoms with Crippen molar-refractivity contribution in [1.29, 1.82) is 0 Å². The molecule has 0 saturated heterocycles. The highest BCUT2D eigenvalue weighted by atomic mass is 16.5. The van der Waals surface area contributed by atoms with Gasteiger partial charge in [0.2, 0.25) is 5.88 Å². The molecule has 0 aliphatic carbocycles. The Labute approximate surface area is 115 Å². The van der Waals surface area contributed by atoms with Gasteiger partial charge in [0.25, 0.3) is 5.56 Å². The Balaban J connectivity index is 2.45. The highest BCUT2D eigenvalue weighted by Gasteiger charge is 2.06. The minimum atomic E-state index is -0.0737. The van der Waals surface area contributed by atoms with Crippen LogP contribution in [-0.4, -0.2) is 29.5 Å². The number of methoxy groups -OCH3 is 1. The molecule has 0 bridgehead atoms. The molecule has 0 amide bonds. The molecule has 1 N–H and O–H groups in total. The summed E-state index contributed by atoms with van der Waals surface area (Å²) in [7, 11) is 1.55. The van der Waals surface area contributed by atoms with Crippen LogP contribution in [0, 0.1) is 0 Å². The zero-order valence-electron chi connectivity index (χ0n) is 12.2. The van der Waals surface area contributed by atoms with Crippen LogP contribution in [-0.2, 0) is 6.54 Å². The molecule has 1 aromatic rings. The molecule has 0 aromatic carbocycles. The molecule has 19 heavy (non-hydrogen) atoms. The summed E-state index contributed by atoms with van der Waals surface area (Å²) in [6, 6.07) is 3.62. The van der Waals surface area contributed by atoms with Gasteiger partial charge in [0.15, 0.2) is 0 Å². The fourth-order valence-corrected chi connectivity index (χ4v) is 1.99. The SMILES string of the molecule is CCCNC(CC)CCCn1nc(OC)ccc1=O. The lowest BCUT2D eigenvalue weighted by atomic mass is 10.1. The van der Waals surface area contributed by atoms with Gasteiger partial charge in [-0.1, -0.05) is 13.8 Å². The molecule has 0 spiro atoms. The summed E-state index contributed by atoms with van der Waals surface area (Å²) in [6.07, 6.45) is 4.25. The van der Waals surface area contributed by atoms with Crippen molar-refractivity contribution in [3.05, 3.63) is 22.5 Å². The van der Waals surface area contributed by atoms with Crippen LogP contribution < -0.4 is 15.6 Å². The van der Waals surface area contributed by atoms with E-state index in [4.69, 9.17) is 4.74 Å². The number of nitrogens with zero attached hydrogens (tertiary/aromatic N) is 2. The molecule has 0 saturated carbocycles. The largest absolute Gasteiger partial charge is 0.480 e. The standard InChI is InChI=1S/C14H25N3O2/c1-4-10-15-12(5-2)7-6-11-17-14(18)9-8-13(16-17)19-3/h8-9,12,15H,4-7,10-11H2,1-3H3. The number of hydrogen-bond donors (Lipinski definition) is 1. The number of ether oxygens (including phenoxy) is 1. The summed E-state index contributed by atoms with van der Waals surface area (Å²) in [5, 5.41) is 7.65. The van der Waals surface area contributed by atoms with Gasteiger partial charge in [-0.05, 0) is 32.2 Å². The minimum Gasteiger partial charge on any atom is -0.480 e. The molecule has 0 aliphatic heterocycles. The minimum absolute atomic E-state index is 0.0737. The lowest BCUT2D eigenvalue weighted by Crippen LogP contribution is -2.30. The highest BCUT2D eigenvalue weighted by molar-refractivity contribution is 5.05. The molecule has 108 valence electrons. The third kappa shape index (κ3) is 5.42. The van der Waals surface area contributed by atoms with Gasteiger partial charge >= 0.3 is 0 Å². The molecule has 0 aliphatic rings. The molecule has 1 aromatic heterocycles. The van der Waals surface area contributed by atoms with Crippen molar-refractivity contribution >= 4 is 0 Å². The lowest BCUT2D eigenvalue weighted by Gasteiger charge is -2.16. The van der Waals surface area contributed by atoms with Crippen LogP contribution in [0.5, 0.6) is 5.88 Å². The molecule has 5 nitrogen and oxygen atoms in total. The smallest absolute Gasteiger partial charge is 0.266 e. The molecule has 0 radical (unpaired) electrons. The molecule has 1 heterocycles. The molecule has 1 atom stereocenters. The van der Waals surface area contributed by atoms with Crippen molar-refractivity contribution in [1.82, 2.24) is 15.1 Å². The van der Waals surface area contributed by atoms with Crippen molar-refractivity contribution in [2.45, 2.75) is 52.1 Å². The first kappa shape index (κ1) is 15.7. The summed E-state index contributed by atoms with van der Waals surface area (Å²) in [5.74, 6) is 0.482. The maximum atomic E-state index is 11.6. The van der Waals surface area contributed by atoms with E-state index in [1.54, 1.807) is 13.2 Å². The topological polar surface area (TPSA) is 56.1 Å². The highest BCUT2D eigenvalue weighted by Crippen LogP contribution is 2.04.